The summed E-state index contributed by atoms with van der Waals surface area (Å²) in [6.45, 7) is -0.250. The number of aliphatic hydroxyl groups is 1. The molecule has 2 aromatic carbocycles. The van der Waals surface area contributed by atoms with Crippen molar-refractivity contribution in [1.82, 2.24) is 9.38 Å². The van der Waals surface area contributed by atoms with Gasteiger partial charge in [-0.25, -0.2) is 13.8 Å². The van der Waals surface area contributed by atoms with Crippen LogP contribution < -0.4 is 0 Å². The van der Waals surface area contributed by atoms with Crippen molar-refractivity contribution < 1.29 is 13.9 Å². The summed E-state index contributed by atoms with van der Waals surface area (Å²) < 4.78 is 28.4. The molecule has 6 heteroatoms. The van der Waals surface area contributed by atoms with Crippen molar-refractivity contribution in [2.75, 3.05) is 0 Å². The number of rotatable bonds is 3. The number of imidazole rings is 1. The SMILES string of the molecule is OCc1c(-c2ccc(F)c(F)c2)nc2sc(-c3ccccc3)cn12. The van der Waals surface area contributed by atoms with E-state index in [0.717, 1.165) is 22.6 Å². The third-order valence-corrected chi connectivity index (χ3v) is 4.86. The molecule has 2 aromatic heterocycles. The summed E-state index contributed by atoms with van der Waals surface area (Å²) >= 11 is 1.48. The van der Waals surface area contributed by atoms with Crippen LogP contribution in [0.15, 0.2) is 54.7 Å². The lowest BCUT2D eigenvalue weighted by Crippen LogP contribution is -1.93. The van der Waals surface area contributed by atoms with Gasteiger partial charge in [-0.2, -0.15) is 0 Å². The normalized spacial score (nSPS) is 11.3. The molecule has 0 aliphatic carbocycles. The zero-order chi connectivity index (χ0) is 16.7. The zero-order valence-corrected chi connectivity index (χ0v) is 13.2. The zero-order valence-electron chi connectivity index (χ0n) is 12.4. The van der Waals surface area contributed by atoms with Crippen molar-refractivity contribution in [1.29, 1.82) is 0 Å². The van der Waals surface area contributed by atoms with Gasteiger partial charge < -0.3 is 5.11 Å². The maximum Gasteiger partial charge on any atom is 0.195 e. The molecule has 0 unspecified atom stereocenters. The molecule has 0 aliphatic rings. The first-order chi connectivity index (χ1) is 11.7. The first-order valence-corrected chi connectivity index (χ1v) is 8.11. The molecule has 0 fully saturated rings. The van der Waals surface area contributed by atoms with Crippen LogP contribution in [0.3, 0.4) is 0 Å². The van der Waals surface area contributed by atoms with Crippen LogP contribution in [-0.2, 0) is 6.61 Å². The van der Waals surface area contributed by atoms with Gasteiger partial charge in [-0.05, 0) is 23.8 Å². The third kappa shape index (κ3) is 2.40. The lowest BCUT2D eigenvalue weighted by atomic mass is 10.1. The molecule has 0 saturated carbocycles. The van der Waals surface area contributed by atoms with E-state index in [2.05, 4.69) is 4.98 Å². The summed E-state index contributed by atoms with van der Waals surface area (Å²) in [4.78, 5) is 6.21. The summed E-state index contributed by atoms with van der Waals surface area (Å²) in [5.41, 5.74) is 2.51. The Labute approximate surface area is 140 Å². The smallest absolute Gasteiger partial charge is 0.195 e. The topological polar surface area (TPSA) is 37.5 Å². The highest BCUT2D eigenvalue weighted by Gasteiger charge is 2.17. The quantitative estimate of drug-likeness (QED) is 0.595. The van der Waals surface area contributed by atoms with Crippen LogP contribution in [0.4, 0.5) is 8.78 Å². The van der Waals surface area contributed by atoms with Crippen LogP contribution in [0.1, 0.15) is 5.69 Å². The number of nitrogens with zero attached hydrogens (tertiary/aromatic N) is 2. The van der Waals surface area contributed by atoms with Crippen molar-refractivity contribution in [2.45, 2.75) is 6.61 Å². The molecule has 24 heavy (non-hydrogen) atoms. The number of hydrogen-bond donors (Lipinski definition) is 1. The van der Waals surface area contributed by atoms with Gasteiger partial charge in [0.1, 0.15) is 0 Å². The number of hydrogen-bond acceptors (Lipinski definition) is 3. The van der Waals surface area contributed by atoms with Gasteiger partial charge in [0.05, 0.1) is 22.9 Å². The van der Waals surface area contributed by atoms with E-state index in [1.54, 1.807) is 4.40 Å². The monoisotopic (exact) mass is 342 g/mol. The molecular weight excluding hydrogens is 330 g/mol. The summed E-state index contributed by atoms with van der Waals surface area (Å²) in [5.74, 6) is -1.84. The molecule has 0 atom stereocenters. The van der Waals surface area contributed by atoms with Crippen LogP contribution in [0.2, 0.25) is 0 Å². The molecule has 0 saturated heterocycles. The predicted molar refractivity (Wildman–Crippen MR) is 89.8 cm³/mol. The molecule has 0 bridgehead atoms. The average molecular weight is 342 g/mol. The molecule has 3 nitrogen and oxygen atoms in total. The standard InChI is InChI=1S/C18H12F2N2OS/c19-13-7-6-12(8-14(13)20)17-15(10-23)22-9-16(24-18(22)21-17)11-4-2-1-3-5-11/h1-9,23H,10H2. The van der Waals surface area contributed by atoms with Crippen LogP contribution >= 0.6 is 11.3 Å². The van der Waals surface area contributed by atoms with Crippen molar-refractivity contribution in [3.8, 4) is 21.7 Å². The van der Waals surface area contributed by atoms with Crippen LogP contribution in [0.5, 0.6) is 0 Å². The summed E-state index contributed by atoms with van der Waals surface area (Å²) in [6, 6.07) is 13.5. The van der Waals surface area contributed by atoms with Crippen LogP contribution in [0.25, 0.3) is 26.7 Å². The Kier molecular flexibility index (Phi) is 3.63. The van der Waals surface area contributed by atoms with Gasteiger partial charge in [0.25, 0.3) is 0 Å². The van der Waals surface area contributed by atoms with Crippen molar-refractivity contribution in [3.63, 3.8) is 0 Å². The fourth-order valence-electron chi connectivity index (χ4n) is 2.65. The fraction of sp³-hybridized carbons (Fsp3) is 0.0556. The number of fused-ring (bicyclic) bond motifs is 1. The number of aromatic nitrogens is 2. The predicted octanol–water partition coefficient (Wildman–Crippen LogP) is 4.50. The van der Waals surface area contributed by atoms with E-state index in [0.29, 0.717) is 21.9 Å². The molecule has 2 heterocycles. The van der Waals surface area contributed by atoms with E-state index >= 15 is 0 Å². The van der Waals surface area contributed by atoms with Crippen molar-refractivity contribution in [3.05, 3.63) is 72.1 Å². The Morgan fingerprint density at radius 3 is 2.50 bits per heavy atom. The fourth-order valence-corrected chi connectivity index (χ4v) is 3.66. The van der Waals surface area contributed by atoms with Gasteiger partial charge in [0, 0.05) is 11.8 Å². The molecule has 0 radical (unpaired) electrons. The summed E-state index contributed by atoms with van der Waals surface area (Å²) in [5, 5.41) is 9.75. The third-order valence-electron chi connectivity index (χ3n) is 3.83. The lowest BCUT2D eigenvalue weighted by Gasteiger charge is -2.02. The number of halogens is 2. The first-order valence-electron chi connectivity index (χ1n) is 7.30. The minimum absolute atomic E-state index is 0.250. The Morgan fingerprint density at radius 2 is 1.79 bits per heavy atom. The minimum Gasteiger partial charge on any atom is -0.390 e. The summed E-state index contributed by atoms with van der Waals surface area (Å²) in [6.07, 6.45) is 1.90. The van der Waals surface area contributed by atoms with E-state index in [9.17, 15) is 13.9 Å². The van der Waals surface area contributed by atoms with Gasteiger partial charge >= 0.3 is 0 Å². The van der Waals surface area contributed by atoms with Gasteiger partial charge in [0.2, 0.25) is 0 Å². The van der Waals surface area contributed by atoms with Gasteiger partial charge in [-0.1, -0.05) is 41.7 Å². The van der Waals surface area contributed by atoms with Crippen molar-refractivity contribution >= 4 is 16.3 Å². The van der Waals surface area contributed by atoms with E-state index in [4.69, 9.17) is 0 Å². The molecular formula is C18H12F2N2OS. The molecule has 0 aliphatic heterocycles. The van der Waals surface area contributed by atoms with E-state index in [1.807, 2.05) is 36.5 Å². The second-order valence-corrected chi connectivity index (χ2v) is 6.32. The minimum atomic E-state index is -0.933. The largest absolute Gasteiger partial charge is 0.390 e. The Morgan fingerprint density at radius 1 is 1.00 bits per heavy atom. The molecule has 4 rings (SSSR count). The van der Waals surface area contributed by atoms with Gasteiger partial charge in [0.15, 0.2) is 16.6 Å². The Bertz CT molecular complexity index is 1020. The molecule has 120 valence electrons. The maximum atomic E-state index is 13.5. The molecule has 0 amide bonds. The first kappa shape index (κ1) is 15.0. The van der Waals surface area contributed by atoms with E-state index < -0.39 is 11.6 Å². The van der Waals surface area contributed by atoms with Crippen LogP contribution in [-0.4, -0.2) is 14.5 Å². The van der Waals surface area contributed by atoms with Crippen LogP contribution in [0, 0.1) is 11.6 Å². The van der Waals surface area contributed by atoms with Gasteiger partial charge in [-0.15, -0.1) is 0 Å². The highest BCUT2D eigenvalue weighted by atomic mass is 32.1. The second kappa shape index (κ2) is 5.81. The highest BCUT2D eigenvalue weighted by molar-refractivity contribution is 7.20. The Hall–Kier alpha value is -2.57. The number of aliphatic hydroxyl groups excluding tert-OH is 1. The number of thiazole rings is 1. The second-order valence-electron chi connectivity index (χ2n) is 5.31. The highest BCUT2D eigenvalue weighted by Crippen LogP contribution is 2.33. The molecule has 0 spiro atoms. The average Bonchev–Trinajstić information content (AvgIpc) is 3.15. The Balaban J connectivity index is 1.86. The van der Waals surface area contributed by atoms with E-state index in [-0.39, 0.29) is 6.61 Å². The summed E-state index contributed by atoms with van der Waals surface area (Å²) in [7, 11) is 0. The van der Waals surface area contributed by atoms with E-state index in [1.165, 1.54) is 17.4 Å². The molecule has 4 aromatic rings. The van der Waals surface area contributed by atoms with Gasteiger partial charge in [-0.3, -0.25) is 4.40 Å². The number of benzene rings is 2. The molecule has 1 N–H and O–H groups in total. The van der Waals surface area contributed by atoms with Crippen molar-refractivity contribution in [2.24, 2.45) is 0 Å². The lowest BCUT2D eigenvalue weighted by molar-refractivity contribution is 0.276. The maximum absolute atomic E-state index is 13.5.